The third-order valence-corrected chi connectivity index (χ3v) is 3.70. The van der Waals surface area contributed by atoms with Crippen LogP contribution in [-0.4, -0.2) is 42.3 Å². The Morgan fingerprint density at radius 3 is 2.63 bits per heavy atom. The fraction of sp³-hybridized carbons (Fsp3) is 0.500. The summed E-state index contributed by atoms with van der Waals surface area (Å²) in [4.78, 5) is 13.6. The molecule has 0 saturated heterocycles. The zero-order chi connectivity index (χ0) is 14.4. The predicted octanol–water partition coefficient (Wildman–Crippen LogP) is 2.44. The van der Waals surface area contributed by atoms with E-state index in [1.807, 2.05) is 6.07 Å². The monoisotopic (exact) mass is 329 g/mol. The fourth-order valence-electron chi connectivity index (χ4n) is 1.79. The third-order valence-electron chi connectivity index (χ3n) is 2.97. The second kappa shape index (κ2) is 7.62. The van der Waals surface area contributed by atoms with Crippen LogP contribution in [0.4, 0.5) is 0 Å². The van der Waals surface area contributed by atoms with Crippen LogP contribution in [0, 0.1) is 0 Å². The van der Waals surface area contributed by atoms with Gasteiger partial charge in [-0.1, -0.05) is 22.0 Å². The maximum Gasteiger partial charge on any atom is 0.337 e. The lowest BCUT2D eigenvalue weighted by Gasteiger charge is -2.26. The summed E-state index contributed by atoms with van der Waals surface area (Å²) >= 11 is 3.48. The third kappa shape index (κ3) is 4.60. The average molecular weight is 330 g/mol. The summed E-state index contributed by atoms with van der Waals surface area (Å²) < 4.78 is 5.56. The molecule has 0 atom stereocenters. The zero-order valence-electron chi connectivity index (χ0n) is 11.5. The lowest BCUT2D eigenvalue weighted by atomic mass is 10.1. The molecule has 0 aliphatic rings. The summed E-state index contributed by atoms with van der Waals surface area (Å²) in [5.41, 5.74) is 1.60. The van der Waals surface area contributed by atoms with E-state index in [1.54, 1.807) is 12.1 Å². The molecule has 0 unspecified atom stereocenters. The van der Waals surface area contributed by atoms with Gasteiger partial charge in [0.15, 0.2) is 0 Å². The van der Waals surface area contributed by atoms with Crippen LogP contribution in [0.15, 0.2) is 22.7 Å². The number of carbonyl (C=O) groups is 1. The van der Waals surface area contributed by atoms with E-state index in [0.717, 1.165) is 16.6 Å². The molecule has 5 heteroatoms. The molecule has 4 nitrogen and oxygen atoms in total. The molecule has 0 aliphatic carbocycles. The minimum Gasteiger partial charge on any atom is -0.465 e. The van der Waals surface area contributed by atoms with Crippen molar-refractivity contribution in [3.8, 4) is 0 Å². The highest BCUT2D eigenvalue weighted by atomic mass is 79.9. The van der Waals surface area contributed by atoms with Crippen molar-refractivity contribution in [2.75, 3.05) is 20.3 Å². The van der Waals surface area contributed by atoms with Gasteiger partial charge in [0, 0.05) is 23.6 Å². The van der Waals surface area contributed by atoms with Crippen LogP contribution >= 0.6 is 15.9 Å². The summed E-state index contributed by atoms with van der Waals surface area (Å²) in [6.45, 7) is 5.66. The number of esters is 1. The Morgan fingerprint density at radius 1 is 1.47 bits per heavy atom. The maximum absolute atomic E-state index is 11.4. The molecule has 0 aliphatic heterocycles. The van der Waals surface area contributed by atoms with Gasteiger partial charge >= 0.3 is 5.97 Å². The topological polar surface area (TPSA) is 49.8 Å². The van der Waals surface area contributed by atoms with Crippen molar-refractivity contribution >= 4 is 21.9 Å². The molecule has 0 radical (unpaired) electrons. The first kappa shape index (κ1) is 16.1. The highest BCUT2D eigenvalue weighted by Crippen LogP contribution is 2.21. The van der Waals surface area contributed by atoms with Crippen molar-refractivity contribution in [3.63, 3.8) is 0 Å². The number of rotatable bonds is 6. The Hall–Kier alpha value is -0.910. The molecule has 0 amide bonds. The van der Waals surface area contributed by atoms with Gasteiger partial charge in [-0.3, -0.25) is 4.90 Å². The van der Waals surface area contributed by atoms with E-state index >= 15 is 0 Å². The number of benzene rings is 1. The largest absolute Gasteiger partial charge is 0.465 e. The van der Waals surface area contributed by atoms with Crippen molar-refractivity contribution in [3.05, 3.63) is 33.8 Å². The molecule has 19 heavy (non-hydrogen) atoms. The number of aliphatic hydroxyl groups excluding tert-OH is 1. The van der Waals surface area contributed by atoms with Crippen LogP contribution in [0.25, 0.3) is 0 Å². The molecule has 0 fully saturated rings. The number of hydrogen-bond donors (Lipinski definition) is 1. The molecule has 0 bridgehead atoms. The van der Waals surface area contributed by atoms with Gasteiger partial charge in [-0.15, -0.1) is 0 Å². The van der Waals surface area contributed by atoms with Crippen LogP contribution in [0.3, 0.4) is 0 Å². The van der Waals surface area contributed by atoms with Gasteiger partial charge in [0.2, 0.25) is 0 Å². The molecule has 0 saturated carbocycles. The molecule has 1 aromatic rings. The van der Waals surface area contributed by atoms with Crippen molar-refractivity contribution < 1.29 is 14.6 Å². The fourth-order valence-corrected chi connectivity index (χ4v) is 2.29. The van der Waals surface area contributed by atoms with E-state index in [0.29, 0.717) is 18.2 Å². The minimum atomic E-state index is -0.344. The molecule has 0 aromatic heterocycles. The molecular formula is C14H20BrNO3. The van der Waals surface area contributed by atoms with Gasteiger partial charge in [-0.2, -0.15) is 0 Å². The SMILES string of the molecule is COC(=O)c1ccc(CN(CCO)C(C)C)c(Br)c1. The number of hydrogen-bond acceptors (Lipinski definition) is 4. The maximum atomic E-state index is 11.4. The van der Waals surface area contributed by atoms with Crippen molar-refractivity contribution in [2.24, 2.45) is 0 Å². The summed E-state index contributed by atoms with van der Waals surface area (Å²) in [6.07, 6.45) is 0. The lowest BCUT2D eigenvalue weighted by molar-refractivity contribution is 0.0600. The number of aliphatic hydroxyl groups is 1. The first-order chi connectivity index (χ1) is 8.99. The molecule has 106 valence electrons. The Bertz CT molecular complexity index is 435. The van der Waals surface area contributed by atoms with Gasteiger partial charge in [0.05, 0.1) is 19.3 Å². The Balaban J connectivity index is 2.87. The lowest BCUT2D eigenvalue weighted by Crippen LogP contribution is -2.33. The Labute approximate surface area is 122 Å². The average Bonchev–Trinajstić information content (AvgIpc) is 2.39. The molecule has 1 rings (SSSR count). The quantitative estimate of drug-likeness (QED) is 0.814. The molecule has 0 heterocycles. The van der Waals surface area contributed by atoms with Gasteiger partial charge in [0.25, 0.3) is 0 Å². The Kier molecular flexibility index (Phi) is 6.48. The van der Waals surface area contributed by atoms with E-state index in [1.165, 1.54) is 7.11 Å². The first-order valence-electron chi connectivity index (χ1n) is 6.21. The highest BCUT2D eigenvalue weighted by Gasteiger charge is 2.13. The van der Waals surface area contributed by atoms with Gasteiger partial charge < -0.3 is 9.84 Å². The van der Waals surface area contributed by atoms with E-state index < -0.39 is 0 Å². The number of nitrogens with zero attached hydrogens (tertiary/aromatic N) is 1. The Morgan fingerprint density at radius 2 is 2.16 bits per heavy atom. The number of carbonyl (C=O) groups excluding carboxylic acids is 1. The predicted molar refractivity (Wildman–Crippen MR) is 78.1 cm³/mol. The van der Waals surface area contributed by atoms with Crippen LogP contribution in [0.2, 0.25) is 0 Å². The highest BCUT2D eigenvalue weighted by molar-refractivity contribution is 9.10. The molecule has 1 aromatic carbocycles. The van der Waals surface area contributed by atoms with E-state index in [2.05, 4.69) is 39.4 Å². The van der Waals surface area contributed by atoms with Crippen LogP contribution in [0.1, 0.15) is 29.8 Å². The van der Waals surface area contributed by atoms with E-state index in [-0.39, 0.29) is 12.6 Å². The molecular weight excluding hydrogens is 310 g/mol. The summed E-state index contributed by atoms with van der Waals surface area (Å²) in [7, 11) is 1.37. The summed E-state index contributed by atoms with van der Waals surface area (Å²) in [5, 5.41) is 9.07. The van der Waals surface area contributed by atoms with Crippen LogP contribution in [0.5, 0.6) is 0 Å². The van der Waals surface area contributed by atoms with Crippen LogP contribution in [-0.2, 0) is 11.3 Å². The normalized spacial score (nSPS) is 11.1. The second-order valence-corrected chi connectivity index (χ2v) is 5.44. The number of ether oxygens (including phenoxy) is 1. The molecule has 1 N–H and O–H groups in total. The first-order valence-corrected chi connectivity index (χ1v) is 7.00. The van der Waals surface area contributed by atoms with Crippen LogP contribution < -0.4 is 0 Å². The van der Waals surface area contributed by atoms with Crippen molar-refractivity contribution in [2.45, 2.75) is 26.4 Å². The second-order valence-electron chi connectivity index (χ2n) is 4.59. The van der Waals surface area contributed by atoms with Crippen molar-refractivity contribution in [1.29, 1.82) is 0 Å². The number of halogens is 1. The van der Waals surface area contributed by atoms with Gasteiger partial charge in [-0.05, 0) is 31.5 Å². The van der Waals surface area contributed by atoms with Gasteiger partial charge in [-0.25, -0.2) is 4.79 Å². The molecule has 0 spiro atoms. The number of methoxy groups -OCH3 is 1. The standard InChI is InChI=1S/C14H20BrNO3/c1-10(2)16(6-7-17)9-12-5-4-11(8-13(12)15)14(18)19-3/h4-5,8,10,17H,6-7,9H2,1-3H3. The van der Waals surface area contributed by atoms with E-state index in [4.69, 9.17) is 5.11 Å². The summed E-state index contributed by atoms with van der Waals surface area (Å²) in [6, 6.07) is 5.77. The van der Waals surface area contributed by atoms with E-state index in [9.17, 15) is 4.79 Å². The minimum absolute atomic E-state index is 0.135. The zero-order valence-corrected chi connectivity index (χ0v) is 13.1. The smallest absolute Gasteiger partial charge is 0.337 e. The van der Waals surface area contributed by atoms with Gasteiger partial charge in [0.1, 0.15) is 0 Å². The van der Waals surface area contributed by atoms with Crippen molar-refractivity contribution in [1.82, 2.24) is 4.90 Å². The summed E-state index contributed by atoms with van der Waals surface area (Å²) in [5.74, 6) is -0.344.